The standard InChI is InChI=1S/C13H23N3O2/c1-3-4-7-16(9-13(15)17)11(8-14)12-6-5-10(2)18-12/h5-6,11H,3-4,7-9,14H2,1-2H3,(H2,15,17). The third-order valence-corrected chi connectivity index (χ3v) is 2.91. The van der Waals surface area contributed by atoms with Gasteiger partial charge in [0.1, 0.15) is 11.5 Å². The average Bonchev–Trinajstić information content (AvgIpc) is 2.72. The minimum absolute atomic E-state index is 0.0854. The number of unbranched alkanes of at least 4 members (excludes halogenated alkanes) is 1. The maximum atomic E-state index is 11.1. The normalized spacial score (nSPS) is 12.9. The lowest BCUT2D eigenvalue weighted by molar-refractivity contribution is -0.119. The van der Waals surface area contributed by atoms with Crippen molar-refractivity contribution in [1.82, 2.24) is 4.90 Å². The van der Waals surface area contributed by atoms with Crippen molar-refractivity contribution in [3.05, 3.63) is 23.7 Å². The Hall–Kier alpha value is -1.33. The molecule has 0 aliphatic rings. The lowest BCUT2D eigenvalue weighted by atomic mass is 10.1. The zero-order valence-corrected chi connectivity index (χ0v) is 11.2. The van der Waals surface area contributed by atoms with E-state index in [0.29, 0.717) is 6.54 Å². The Kier molecular flexibility index (Phi) is 5.88. The van der Waals surface area contributed by atoms with E-state index in [-0.39, 0.29) is 18.5 Å². The van der Waals surface area contributed by atoms with Crippen molar-refractivity contribution in [3.8, 4) is 0 Å². The molecular formula is C13H23N3O2. The molecule has 1 atom stereocenters. The summed E-state index contributed by atoms with van der Waals surface area (Å²) >= 11 is 0. The summed E-state index contributed by atoms with van der Waals surface area (Å²) in [5, 5.41) is 0. The van der Waals surface area contributed by atoms with Gasteiger partial charge in [0.05, 0.1) is 12.6 Å². The van der Waals surface area contributed by atoms with Gasteiger partial charge < -0.3 is 15.9 Å². The molecule has 1 amide bonds. The first-order valence-electron chi connectivity index (χ1n) is 6.37. The van der Waals surface area contributed by atoms with Crippen molar-refractivity contribution >= 4 is 5.91 Å². The number of hydrogen-bond donors (Lipinski definition) is 2. The largest absolute Gasteiger partial charge is 0.465 e. The quantitative estimate of drug-likeness (QED) is 0.728. The molecule has 1 aromatic heterocycles. The summed E-state index contributed by atoms with van der Waals surface area (Å²) in [4.78, 5) is 13.1. The van der Waals surface area contributed by atoms with E-state index in [9.17, 15) is 4.79 Å². The average molecular weight is 253 g/mol. The summed E-state index contributed by atoms with van der Waals surface area (Å²) in [6, 6.07) is 3.73. The van der Waals surface area contributed by atoms with Crippen LogP contribution in [0.3, 0.4) is 0 Å². The fraction of sp³-hybridized carbons (Fsp3) is 0.615. The van der Waals surface area contributed by atoms with Crippen LogP contribution < -0.4 is 11.5 Å². The Morgan fingerprint density at radius 1 is 1.50 bits per heavy atom. The number of nitrogens with zero attached hydrogens (tertiary/aromatic N) is 1. The summed E-state index contributed by atoms with van der Waals surface area (Å²) in [5.74, 6) is 1.30. The van der Waals surface area contributed by atoms with E-state index in [2.05, 4.69) is 6.92 Å². The highest BCUT2D eigenvalue weighted by Crippen LogP contribution is 2.22. The summed E-state index contributed by atoms with van der Waals surface area (Å²) in [6.45, 7) is 5.41. The predicted molar refractivity (Wildman–Crippen MR) is 70.9 cm³/mol. The molecule has 0 saturated heterocycles. The van der Waals surface area contributed by atoms with Crippen LogP contribution in [0.5, 0.6) is 0 Å². The van der Waals surface area contributed by atoms with Crippen LogP contribution in [0.25, 0.3) is 0 Å². The Bertz CT molecular complexity index is 376. The van der Waals surface area contributed by atoms with Gasteiger partial charge in [0.25, 0.3) is 0 Å². The molecule has 0 saturated carbocycles. The highest BCUT2D eigenvalue weighted by molar-refractivity contribution is 5.76. The van der Waals surface area contributed by atoms with Gasteiger partial charge in [-0.25, -0.2) is 0 Å². The molecule has 0 aromatic carbocycles. The maximum absolute atomic E-state index is 11.1. The number of rotatable bonds is 8. The number of aryl methyl sites for hydroxylation is 1. The lowest BCUT2D eigenvalue weighted by Crippen LogP contribution is -2.40. The second-order valence-electron chi connectivity index (χ2n) is 4.49. The first-order valence-corrected chi connectivity index (χ1v) is 6.37. The van der Waals surface area contributed by atoms with Crippen LogP contribution in [0.4, 0.5) is 0 Å². The molecule has 4 N–H and O–H groups in total. The maximum Gasteiger partial charge on any atom is 0.231 e. The number of hydrogen-bond acceptors (Lipinski definition) is 4. The highest BCUT2D eigenvalue weighted by Gasteiger charge is 2.22. The molecule has 0 fully saturated rings. The van der Waals surface area contributed by atoms with Crippen LogP contribution in [0.2, 0.25) is 0 Å². The summed E-state index contributed by atoms with van der Waals surface area (Å²) in [6.07, 6.45) is 2.06. The Balaban J connectivity index is 2.81. The van der Waals surface area contributed by atoms with Crippen LogP contribution in [0.1, 0.15) is 37.3 Å². The Morgan fingerprint density at radius 3 is 2.67 bits per heavy atom. The second-order valence-corrected chi connectivity index (χ2v) is 4.49. The van der Waals surface area contributed by atoms with Crippen molar-refractivity contribution in [3.63, 3.8) is 0 Å². The first-order chi connectivity index (χ1) is 8.58. The van der Waals surface area contributed by atoms with Crippen molar-refractivity contribution < 1.29 is 9.21 Å². The molecule has 0 aliphatic carbocycles. The number of furan rings is 1. The van der Waals surface area contributed by atoms with E-state index < -0.39 is 0 Å². The summed E-state index contributed by atoms with van der Waals surface area (Å²) < 4.78 is 5.61. The zero-order valence-electron chi connectivity index (χ0n) is 11.2. The second kappa shape index (κ2) is 7.18. The third-order valence-electron chi connectivity index (χ3n) is 2.91. The number of primary amides is 1. The lowest BCUT2D eigenvalue weighted by Gasteiger charge is -2.28. The molecule has 0 aliphatic heterocycles. The SMILES string of the molecule is CCCCN(CC(N)=O)C(CN)c1ccc(C)o1. The van der Waals surface area contributed by atoms with Crippen molar-refractivity contribution in [1.29, 1.82) is 0 Å². The van der Waals surface area contributed by atoms with Gasteiger partial charge in [0.15, 0.2) is 0 Å². The molecule has 5 heteroatoms. The number of amides is 1. The van der Waals surface area contributed by atoms with Gasteiger partial charge in [-0.2, -0.15) is 0 Å². The van der Waals surface area contributed by atoms with Crippen LogP contribution in [-0.4, -0.2) is 30.4 Å². The van der Waals surface area contributed by atoms with Gasteiger partial charge in [0.2, 0.25) is 5.91 Å². The van der Waals surface area contributed by atoms with Gasteiger partial charge in [-0.15, -0.1) is 0 Å². The number of nitrogens with two attached hydrogens (primary N) is 2. The van der Waals surface area contributed by atoms with Crippen molar-refractivity contribution in [2.75, 3.05) is 19.6 Å². The van der Waals surface area contributed by atoms with Crippen LogP contribution in [0.15, 0.2) is 16.5 Å². The molecule has 18 heavy (non-hydrogen) atoms. The van der Waals surface area contributed by atoms with E-state index in [1.165, 1.54) is 0 Å². The highest BCUT2D eigenvalue weighted by atomic mass is 16.3. The molecular weight excluding hydrogens is 230 g/mol. The summed E-state index contributed by atoms with van der Waals surface area (Å²) in [5.41, 5.74) is 11.1. The topological polar surface area (TPSA) is 85.5 Å². The van der Waals surface area contributed by atoms with Crippen molar-refractivity contribution in [2.45, 2.75) is 32.7 Å². The van der Waals surface area contributed by atoms with E-state index in [1.54, 1.807) is 0 Å². The Labute approximate surface area is 108 Å². The van der Waals surface area contributed by atoms with Gasteiger partial charge in [-0.05, 0) is 32.0 Å². The van der Waals surface area contributed by atoms with E-state index in [1.807, 2.05) is 24.0 Å². The number of carbonyl (C=O) groups excluding carboxylic acids is 1. The molecule has 0 bridgehead atoms. The zero-order chi connectivity index (χ0) is 13.5. The smallest absolute Gasteiger partial charge is 0.231 e. The molecule has 102 valence electrons. The van der Waals surface area contributed by atoms with Crippen LogP contribution >= 0.6 is 0 Å². The van der Waals surface area contributed by atoms with Crippen LogP contribution in [-0.2, 0) is 4.79 Å². The molecule has 0 spiro atoms. The molecule has 1 aromatic rings. The van der Waals surface area contributed by atoms with E-state index in [4.69, 9.17) is 15.9 Å². The fourth-order valence-electron chi connectivity index (χ4n) is 1.98. The molecule has 1 unspecified atom stereocenters. The van der Waals surface area contributed by atoms with E-state index in [0.717, 1.165) is 30.9 Å². The monoisotopic (exact) mass is 253 g/mol. The number of carbonyl (C=O) groups is 1. The van der Waals surface area contributed by atoms with Crippen LogP contribution in [0, 0.1) is 6.92 Å². The minimum atomic E-state index is -0.340. The molecule has 5 nitrogen and oxygen atoms in total. The van der Waals surface area contributed by atoms with Gasteiger partial charge in [0, 0.05) is 6.54 Å². The summed E-state index contributed by atoms with van der Waals surface area (Å²) in [7, 11) is 0. The van der Waals surface area contributed by atoms with Crippen molar-refractivity contribution in [2.24, 2.45) is 11.5 Å². The molecule has 1 rings (SSSR count). The van der Waals surface area contributed by atoms with Gasteiger partial charge in [-0.1, -0.05) is 13.3 Å². The van der Waals surface area contributed by atoms with E-state index >= 15 is 0 Å². The molecule has 0 radical (unpaired) electrons. The van der Waals surface area contributed by atoms with Gasteiger partial charge >= 0.3 is 0 Å². The fourth-order valence-corrected chi connectivity index (χ4v) is 1.98. The molecule has 1 heterocycles. The predicted octanol–water partition coefficient (Wildman–Crippen LogP) is 1.18. The minimum Gasteiger partial charge on any atom is -0.465 e. The first kappa shape index (κ1) is 14.7. The Morgan fingerprint density at radius 2 is 2.22 bits per heavy atom. The third kappa shape index (κ3) is 4.16. The van der Waals surface area contributed by atoms with Gasteiger partial charge in [-0.3, -0.25) is 9.69 Å².